The highest BCUT2D eigenvalue weighted by Crippen LogP contribution is 1.99. The molecule has 0 aliphatic heterocycles. The van der Waals surface area contributed by atoms with Gasteiger partial charge in [-0.2, -0.15) is 0 Å². The van der Waals surface area contributed by atoms with Gasteiger partial charge in [0, 0.05) is 12.3 Å². The minimum absolute atomic E-state index is 0.167. The Hall–Kier alpha value is 0.200. The molecule has 8 heavy (non-hydrogen) atoms. The predicted molar refractivity (Wildman–Crippen MR) is 36.3 cm³/mol. The molecule has 0 bridgehead atoms. The van der Waals surface area contributed by atoms with Crippen molar-refractivity contribution in [3.8, 4) is 0 Å². The maximum Gasteiger partial charge on any atom is 0.158 e. The molecule has 0 amide bonds. The first-order valence-corrected chi connectivity index (χ1v) is 4.37. The van der Waals surface area contributed by atoms with Crippen molar-refractivity contribution in [2.75, 3.05) is 6.66 Å². The molecule has 0 aromatic heterocycles. The molecule has 0 unspecified atom stereocenters. The van der Waals surface area contributed by atoms with Crippen LogP contribution in [0.3, 0.4) is 0 Å². The average Bonchev–Trinajstić information content (AvgIpc) is 1.69. The Kier molecular flexibility index (Phi) is 14.1. The predicted octanol–water partition coefficient (Wildman–Crippen LogP) is 2.59. The molecule has 48 valence electrons. The molecule has 0 aromatic rings. The molecule has 0 aliphatic carbocycles. The first-order chi connectivity index (χ1) is 3.68. The summed E-state index contributed by atoms with van der Waals surface area (Å²) in [7, 11) is 0.414. The number of hydrogen-bond acceptors (Lipinski definition) is 2. The summed E-state index contributed by atoms with van der Waals surface area (Å²) in [5, 5.41) is 0. The van der Waals surface area contributed by atoms with Gasteiger partial charge in [-0.1, -0.05) is 13.8 Å². The van der Waals surface area contributed by atoms with Gasteiger partial charge in [0.05, 0.1) is 0 Å². The van der Waals surface area contributed by atoms with Gasteiger partial charge in [-0.15, -0.1) is 0 Å². The zero-order valence-electron chi connectivity index (χ0n) is 5.29. The molecule has 0 fully saturated rings. The fourth-order valence-corrected chi connectivity index (χ4v) is 0. The first kappa shape index (κ1) is 11.1. The molecule has 0 rings (SSSR count). The van der Waals surface area contributed by atoms with Crippen LogP contribution in [-0.4, -0.2) is 12.3 Å². The third-order valence-corrected chi connectivity index (χ3v) is 0.632. The first-order valence-electron chi connectivity index (χ1n) is 2.23. The Morgan fingerprint density at radius 3 is 1.38 bits per heavy atom. The minimum Gasteiger partial charge on any atom is -0.275 e. The van der Waals surface area contributed by atoms with Crippen molar-refractivity contribution in [2.45, 2.75) is 19.5 Å². The van der Waals surface area contributed by atoms with Gasteiger partial charge in [0.15, 0.2) is 16.9 Å². The molecular weight excluding hydrogens is 142 g/mol. The number of hydrogen-bond donors (Lipinski definition) is 0. The van der Waals surface area contributed by atoms with Crippen molar-refractivity contribution in [2.24, 2.45) is 0 Å². The summed E-state index contributed by atoms with van der Waals surface area (Å²) >= 11 is 0. The Balaban J connectivity index is 0. The summed E-state index contributed by atoms with van der Waals surface area (Å²) in [5.74, 6) is 0. The fraction of sp³-hybridized carbons (Fsp3) is 1.00. The highest BCUT2D eigenvalue weighted by Gasteiger charge is 1.81. The molecule has 0 radical (unpaired) electrons. The van der Waals surface area contributed by atoms with Crippen molar-refractivity contribution in [1.82, 2.24) is 0 Å². The van der Waals surface area contributed by atoms with E-state index in [1.807, 2.05) is 13.8 Å². The summed E-state index contributed by atoms with van der Waals surface area (Å²) in [5.41, 5.74) is 0.301. The summed E-state index contributed by atoms with van der Waals surface area (Å²) in [4.78, 5) is 0. The second kappa shape index (κ2) is 10.2. The van der Waals surface area contributed by atoms with E-state index in [0.717, 1.165) is 0 Å². The van der Waals surface area contributed by atoms with Crippen LogP contribution in [0.1, 0.15) is 13.8 Å². The lowest BCUT2D eigenvalue weighted by atomic mass is 10.6. The van der Waals surface area contributed by atoms with Gasteiger partial charge in [0.2, 0.25) is 0 Å². The van der Waals surface area contributed by atoms with E-state index in [9.17, 15) is 4.57 Å². The Labute approximate surface area is 53.1 Å². The summed E-state index contributed by atoms with van der Waals surface area (Å²) in [6.07, 6.45) is 0. The van der Waals surface area contributed by atoms with Gasteiger partial charge in [0.1, 0.15) is 0 Å². The van der Waals surface area contributed by atoms with Crippen LogP contribution in [0.25, 0.3) is 0 Å². The maximum absolute atomic E-state index is 9.60. The summed E-state index contributed by atoms with van der Waals surface area (Å²) in [6.45, 7) is 5.34. The SMILES string of the molecule is CC(C)P=O.CP=O. The van der Waals surface area contributed by atoms with Crippen LogP contribution in [0.4, 0.5) is 0 Å². The van der Waals surface area contributed by atoms with Crippen molar-refractivity contribution in [3.05, 3.63) is 0 Å². The van der Waals surface area contributed by atoms with E-state index in [0.29, 0.717) is 5.66 Å². The Morgan fingerprint density at radius 1 is 1.25 bits per heavy atom. The van der Waals surface area contributed by atoms with Gasteiger partial charge in [-0.3, -0.25) is 9.13 Å². The van der Waals surface area contributed by atoms with E-state index in [1.165, 1.54) is 0 Å². The van der Waals surface area contributed by atoms with Crippen molar-refractivity contribution < 1.29 is 9.13 Å². The third-order valence-electron chi connectivity index (χ3n) is 0.211. The molecule has 0 saturated carbocycles. The Bertz CT molecular complexity index is 63.1. The topological polar surface area (TPSA) is 34.1 Å². The smallest absolute Gasteiger partial charge is 0.158 e. The fourth-order valence-electron chi connectivity index (χ4n) is 0. The second-order valence-corrected chi connectivity index (χ2v) is 2.99. The molecule has 0 heterocycles. The number of rotatable bonds is 1. The lowest BCUT2D eigenvalue weighted by Crippen LogP contribution is -1.72. The van der Waals surface area contributed by atoms with Crippen LogP contribution in [-0.2, 0) is 9.13 Å². The van der Waals surface area contributed by atoms with Crippen LogP contribution < -0.4 is 0 Å². The molecular formula is C4H10O2P2. The third kappa shape index (κ3) is 34.6. The zero-order valence-corrected chi connectivity index (χ0v) is 7.08. The largest absolute Gasteiger partial charge is 0.275 e. The van der Waals surface area contributed by atoms with E-state index >= 15 is 0 Å². The quantitative estimate of drug-likeness (QED) is 0.541. The molecule has 0 saturated heterocycles. The summed E-state index contributed by atoms with van der Waals surface area (Å²) in [6, 6.07) is 0. The lowest BCUT2D eigenvalue weighted by molar-refractivity contribution is 0.594. The molecule has 0 atom stereocenters. The Morgan fingerprint density at radius 2 is 1.38 bits per heavy atom. The summed E-state index contributed by atoms with van der Waals surface area (Å²) < 4.78 is 18.5. The van der Waals surface area contributed by atoms with E-state index < -0.39 is 0 Å². The molecule has 4 heteroatoms. The molecule has 2 nitrogen and oxygen atoms in total. The molecule has 0 aromatic carbocycles. The van der Waals surface area contributed by atoms with E-state index in [-0.39, 0.29) is 16.9 Å². The van der Waals surface area contributed by atoms with Crippen LogP contribution in [0.5, 0.6) is 0 Å². The van der Waals surface area contributed by atoms with Gasteiger partial charge >= 0.3 is 0 Å². The van der Waals surface area contributed by atoms with Crippen LogP contribution >= 0.6 is 16.9 Å². The van der Waals surface area contributed by atoms with Crippen molar-refractivity contribution in [3.63, 3.8) is 0 Å². The van der Waals surface area contributed by atoms with E-state index in [1.54, 1.807) is 6.66 Å². The average molecular weight is 152 g/mol. The standard InChI is InChI=1S/C3H7OP.CH3OP/c1-3(2)5-4;1-3-2/h3H,1-2H3;1H3. The molecule has 0 aliphatic rings. The van der Waals surface area contributed by atoms with Crippen molar-refractivity contribution >= 4 is 16.9 Å². The van der Waals surface area contributed by atoms with E-state index in [4.69, 9.17) is 4.57 Å². The zero-order chi connectivity index (χ0) is 6.99. The molecule has 0 spiro atoms. The van der Waals surface area contributed by atoms with Crippen LogP contribution in [0.15, 0.2) is 0 Å². The van der Waals surface area contributed by atoms with Crippen molar-refractivity contribution in [1.29, 1.82) is 0 Å². The van der Waals surface area contributed by atoms with Crippen LogP contribution in [0, 0.1) is 0 Å². The van der Waals surface area contributed by atoms with E-state index in [2.05, 4.69) is 0 Å². The normalized spacial score (nSPS) is 9.00. The van der Waals surface area contributed by atoms with Gasteiger partial charge in [0.25, 0.3) is 0 Å². The lowest BCUT2D eigenvalue weighted by Gasteiger charge is -1.76. The second-order valence-electron chi connectivity index (χ2n) is 1.38. The minimum atomic E-state index is 0.167. The van der Waals surface area contributed by atoms with Gasteiger partial charge in [-0.05, 0) is 0 Å². The highest BCUT2D eigenvalue weighted by atomic mass is 31.1. The van der Waals surface area contributed by atoms with Gasteiger partial charge < -0.3 is 0 Å². The monoisotopic (exact) mass is 152 g/mol. The molecule has 0 N–H and O–H groups in total. The van der Waals surface area contributed by atoms with Crippen LogP contribution in [0.2, 0.25) is 0 Å². The maximum atomic E-state index is 9.60. The van der Waals surface area contributed by atoms with Gasteiger partial charge in [-0.25, -0.2) is 0 Å². The highest BCUT2D eigenvalue weighted by molar-refractivity contribution is 7.24.